The third-order valence-corrected chi connectivity index (χ3v) is 7.84. The predicted molar refractivity (Wildman–Crippen MR) is 110 cm³/mol. The average Bonchev–Trinajstić information content (AvgIpc) is 2.73. The topological polar surface area (TPSA) is 62.3 Å². The molecular formula is C19H30ClN3O4S. The van der Waals surface area contributed by atoms with Crippen molar-refractivity contribution >= 4 is 22.4 Å². The molecule has 1 aromatic rings. The van der Waals surface area contributed by atoms with Crippen molar-refractivity contribution in [2.75, 3.05) is 59.0 Å². The molecular weight excluding hydrogens is 402 g/mol. The quantitative estimate of drug-likeness (QED) is 0.722. The van der Waals surface area contributed by atoms with E-state index in [2.05, 4.69) is 16.7 Å². The molecule has 3 aliphatic heterocycles. The molecule has 7 nitrogen and oxygen atoms in total. The van der Waals surface area contributed by atoms with Crippen LogP contribution in [-0.2, 0) is 10.0 Å². The van der Waals surface area contributed by atoms with Gasteiger partial charge in [-0.2, -0.15) is 4.31 Å². The molecule has 0 aliphatic carbocycles. The molecule has 0 N–H and O–H groups in total. The van der Waals surface area contributed by atoms with Crippen LogP contribution in [0.2, 0.25) is 0 Å². The van der Waals surface area contributed by atoms with E-state index in [1.807, 2.05) is 0 Å². The zero-order valence-electron chi connectivity index (χ0n) is 16.4. The van der Waals surface area contributed by atoms with Gasteiger partial charge in [0.2, 0.25) is 10.0 Å². The second-order valence-electron chi connectivity index (χ2n) is 7.41. The van der Waals surface area contributed by atoms with Crippen LogP contribution in [0.25, 0.3) is 0 Å². The molecule has 0 atom stereocenters. The van der Waals surface area contributed by atoms with E-state index in [4.69, 9.17) is 9.47 Å². The van der Waals surface area contributed by atoms with E-state index in [0.29, 0.717) is 48.7 Å². The highest BCUT2D eigenvalue weighted by Crippen LogP contribution is 2.34. The fraction of sp³-hybridized carbons (Fsp3) is 0.684. The fourth-order valence-corrected chi connectivity index (χ4v) is 5.71. The molecule has 0 radical (unpaired) electrons. The lowest BCUT2D eigenvalue weighted by atomic mass is 10.0. The number of nitrogens with zero attached hydrogens (tertiary/aromatic N) is 3. The van der Waals surface area contributed by atoms with Gasteiger partial charge in [0.15, 0.2) is 11.5 Å². The van der Waals surface area contributed by atoms with Crippen LogP contribution in [0.15, 0.2) is 23.1 Å². The Hall–Kier alpha value is -1.06. The highest BCUT2D eigenvalue weighted by molar-refractivity contribution is 7.89. The van der Waals surface area contributed by atoms with Gasteiger partial charge in [0.05, 0.1) is 4.90 Å². The van der Waals surface area contributed by atoms with Crippen molar-refractivity contribution in [3.63, 3.8) is 0 Å². The van der Waals surface area contributed by atoms with Crippen molar-refractivity contribution in [1.29, 1.82) is 0 Å². The number of benzene rings is 1. The molecule has 3 heterocycles. The first kappa shape index (κ1) is 21.6. The van der Waals surface area contributed by atoms with Gasteiger partial charge in [-0.15, -0.1) is 12.4 Å². The Balaban J connectivity index is 0.00000225. The van der Waals surface area contributed by atoms with Crippen molar-refractivity contribution in [3.05, 3.63) is 18.2 Å². The van der Waals surface area contributed by atoms with Gasteiger partial charge in [-0.25, -0.2) is 8.42 Å². The summed E-state index contributed by atoms with van der Waals surface area (Å²) in [4.78, 5) is 5.31. The van der Waals surface area contributed by atoms with Crippen LogP contribution in [0.1, 0.15) is 19.8 Å². The van der Waals surface area contributed by atoms with Gasteiger partial charge < -0.3 is 14.4 Å². The van der Waals surface area contributed by atoms with Crippen molar-refractivity contribution in [2.24, 2.45) is 0 Å². The van der Waals surface area contributed by atoms with Crippen LogP contribution in [0, 0.1) is 0 Å². The molecule has 9 heteroatoms. The lowest BCUT2D eigenvalue weighted by Crippen LogP contribution is -2.53. The van der Waals surface area contributed by atoms with E-state index in [1.165, 1.54) is 0 Å². The summed E-state index contributed by atoms with van der Waals surface area (Å²) in [6, 6.07) is 5.41. The van der Waals surface area contributed by atoms with E-state index in [9.17, 15) is 8.42 Å². The Morgan fingerprint density at radius 1 is 0.964 bits per heavy atom. The van der Waals surface area contributed by atoms with E-state index >= 15 is 0 Å². The molecule has 28 heavy (non-hydrogen) atoms. The molecule has 3 aliphatic rings. The molecule has 158 valence electrons. The van der Waals surface area contributed by atoms with E-state index < -0.39 is 10.0 Å². The van der Waals surface area contributed by atoms with Crippen LogP contribution in [-0.4, -0.2) is 87.6 Å². The predicted octanol–water partition coefficient (Wildman–Crippen LogP) is 1.67. The Morgan fingerprint density at radius 2 is 1.61 bits per heavy atom. The third kappa shape index (κ3) is 4.41. The van der Waals surface area contributed by atoms with Gasteiger partial charge in [-0.05, 0) is 31.5 Å². The summed E-state index contributed by atoms with van der Waals surface area (Å²) in [5, 5.41) is 0. The second kappa shape index (κ2) is 9.17. The lowest BCUT2D eigenvalue weighted by Gasteiger charge is -2.42. The highest BCUT2D eigenvalue weighted by atomic mass is 35.5. The SMILES string of the molecule is CCN1CCN(C2CCN(S(=O)(=O)c3ccc4c(c3)OCCO4)CC2)CC1.Cl. The van der Waals surface area contributed by atoms with Crippen LogP contribution in [0.3, 0.4) is 0 Å². The van der Waals surface area contributed by atoms with Crippen molar-refractivity contribution in [2.45, 2.75) is 30.7 Å². The number of hydrogen-bond acceptors (Lipinski definition) is 6. The van der Waals surface area contributed by atoms with Crippen molar-refractivity contribution in [3.8, 4) is 11.5 Å². The van der Waals surface area contributed by atoms with E-state index in [1.54, 1.807) is 22.5 Å². The number of likely N-dealkylation sites (N-methyl/N-ethyl adjacent to an activating group) is 1. The van der Waals surface area contributed by atoms with Gasteiger partial charge in [0, 0.05) is 51.4 Å². The molecule has 0 unspecified atom stereocenters. The van der Waals surface area contributed by atoms with Crippen molar-refractivity contribution < 1.29 is 17.9 Å². The standard InChI is InChI=1S/C19H29N3O4S.ClH/c1-2-20-9-11-21(12-10-20)16-5-7-22(8-6-16)27(23,24)17-3-4-18-19(15-17)26-14-13-25-18;/h3-4,15-16H,2,5-14H2,1H3;1H. The third-order valence-electron chi connectivity index (χ3n) is 5.95. The smallest absolute Gasteiger partial charge is 0.243 e. The number of rotatable bonds is 4. The highest BCUT2D eigenvalue weighted by Gasteiger charge is 2.33. The molecule has 0 saturated carbocycles. The molecule has 1 aromatic carbocycles. The number of sulfonamides is 1. The first-order valence-electron chi connectivity index (χ1n) is 9.94. The minimum atomic E-state index is -3.49. The molecule has 0 bridgehead atoms. The number of ether oxygens (including phenoxy) is 2. The first-order chi connectivity index (χ1) is 13.1. The Bertz CT molecular complexity index is 760. The lowest BCUT2D eigenvalue weighted by molar-refractivity contribution is 0.0750. The zero-order chi connectivity index (χ0) is 18.9. The van der Waals surface area contributed by atoms with Gasteiger partial charge in [0.1, 0.15) is 13.2 Å². The number of piperidine rings is 1. The largest absolute Gasteiger partial charge is 0.486 e. The molecule has 2 saturated heterocycles. The number of piperazine rings is 1. The zero-order valence-corrected chi connectivity index (χ0v) is 18.0. The molecule has 0 amide bonds. The van der Waals surface area contributed by atoms with Crippen LogP contribution >= 0.6 is 12.4 Å². The summed E-state index contributed by atoms with van der Waals surface area (Å²) >= 11 is 0. The molecule has 2 fully saturated rings. The molecule has 4 rings (SSSR count). The summed E-state index contributed by atoms with van der Waals surface area (Å²) in [6.45, 7) is 9.84. The van der Waals surface area contributed by atoms with E-state index in [-0.39, 0.29) is 12.4 Å². The summed E-state index contributed by atoms with van der Waals surface area (Å²) in [5.74, 6) is 1.14. The fourth-order valence-electron chi connectivity index (χ4n) is 4.23. The number of fused-ring (bicyclic) bond motifs is 1. The maximum atomic E-state index is 13.0. The van der Waals surface area contributed by atoms with Crippen LogP contribution in [0.5, 0.6) is 11.5 Å². The summed E-state index contributed by atoms with van der Waals surface area (Å²) in [6.07, 6.45) is 1.80. The summed E-state index contributed by atoms with van der Waals surface area (Å²) in [5.41, 5.74) is 0. The minimum absolute atomic E-state index is 0. The Labute approximate surface area is 174 Å². The summed E-state index contributed by atoms with van der Waals surface area (Å²) in [7, 11) is -3.49. The number of halogens is 1. The van der Waals surface area contributed by atoms with Gasteiger partial charge in [-0.1, -0.05) is 6.92 Å². The van der Waals surface area contributed by atoms with Gasteiger partial charge >= 0.3 is 0 Å². The maximum absolute atomic E-state index is 13.0. The molecule has 0 aromatic heterocycles. The maximum Gasteiger partial charge on any atom is 0.243 e. The summed E-state index contributed by atoms with van der Waals surface area (Å²) < 4.78 is 38.7. The number of hydrogen-bond donors (Lipinski definition) is 0. The van der Waals surface area contributed by atoms with Crippen molar-refractivity contribution in [1.82, 2.24) is 14.1 Å². The van der Waals surface area contributed by atoms with Gasteiger partial charge in [-0.3, -0.25) is 4.90 Å². The average molecular weight is 432 g/mol. The minimum Gasteiger partial charge on any atom is -0.486 e. The normalized spacial score (nSPS) is 22.6. The first-order valence-corrected chi connectivity index (χ1v) is 11.4. The van der Waals surface area contributed by atoms with Crippen LogP contribution < -0.4 is 9.47 Å². The van der Waals surface area contributed by atoms with Crippen LogP contribution in [0.4, 0.5) is 0 Å². The second-order valence-corrected chi connectivity index (χ2v) is 9.35. The van der Waals surface area contributed by atoms with Gasteiger partial charge in [0.25, 0.3) is 0 Å². The monoisotopic (exact) mass is 431 g/mol. The van der Waals surface area contributed by atoms with E-state index in [0.717, 1.165) is 45.6 Å². The molecule has 0 spiro atoms. The Morgan fingerprint density at radius 3 is 2.25 bits per heavy atom. The Kier molecular flexibility index (Phi) is 7.09.